The summed E-state index contributed by atoms with van der Waals surface area (Å²) in [4.78, 5) is 14.3. The van der Waals surface area contributed by atoms with Gasteiger partial charge in [0.05, 0.1) is 5.69 Å². The Bertz CT molecular complexity index is 835. The number of benzene rings is 2. The van der Waals surface area contributed by atoms with E-state index in [0.29, 0.717) is 0 Å². The van der Waals surface area contributed by atoms with E-state index >= 15 is 0 Å². The molecule has 0 radical (unpaired) electrons. The zero-order valence-corrected chi connectivity index (χ0v) is 12.7. The minimum Gasteiger partial charge on any atom is -0.378 e. The van der Waals surface area contributed by atoms with Gasteiger partial charge in [-0.05, 0) is 35.4 Å². The van der Waals surface area contributed by atoms with Crippen LogP contribution in [0.4, 0.5) is 5.69 Å². The summed E-state index contributed by atoms with van der Waals surface area (Å²) in [6.07, 6.45) is 1.90. The number of anilines is 1. The molecule has 2 aromatic carbocycles. The van der Waals surface area contributed by atoms with E-state index in [4.69, 9.17) is 0 Å². The molecule has 0 N–H and O–H groups in total. The van der Waals surface area contributed by atoms with Crippen LogP contribution in [-0.4, -0.2) is 18.7 Å². The third-order valence-electron chi connectivity index (χ3n) is 3.64. The summed E-state index contributed by atoms with van der Waals surface area (Å²) >= 11 is 0. The minimum absolute atomic E-state index is 0.0319. The number of aromatic nitrogens is 1. The van der Waals surface area contributed by atoms with Gasteiger partial charge in [-0.2, -0.15) is 0 Å². The smallest absolute Gasteiger partial charge is 0.255 e. The van der Waals surface area contributed by atoms with Gasteiger partial charge < -0.3 is 4.90 Å². The molecular weight excluding hydrogens is 272 g/mol. The van der Waals surface area contributed by atoms with Crippen LogP contribution in [0.2, 0.25) is 0 Å². The predicted molar refractivity (Wildman–Crippen MR) is 91.8 cm³/mol. The summed E-state index contributed by atoms with van der Waals surface area (Å²) in [5.74, 6) is 0. The summed E-state index contributed by atoms with van der Waals surface area (Å²) < 4.78 is 1.69. The molecule has 3 aromatic rings. The molecule has 0 amide bonds. The Labute approximate surface area is 130 Å². The maximum Gasteiger partial charge on any atom is 0.255 e. The van der Waals surface area contributed by atoms with Crippen molar-refractivity contribution in [2.45, 2.75) is 0 Å². The highest BCUT2D eigenvalue weighted by molar-refractivity contribution is 5.63. The number of hydrogen-bond acceptors (Lipinski definition) is 2. The molecule has 0 spiro atoms. The third-order valence-corrected chi connectivity index (χ3v) is 3.64. The Morgan fingerprint density at radius 2 is 1.59 bits per heavy atom. The first-order valence-corrected chi connectivity index (χ1v) is 7.21. The average molecular weight is 290 g/mol. The molecule has 0 fully saturated rings. The summed E-state index contributed by atoms with van der Waals surface area (Å²) in [5, 5.41) is 0. The number of pyridine rings is 1. The molecule has 110 valence electrons. The second-order valence-corrected chi connectivity index (χ2v) is 5.41. The molecule has 22 heavy (non-hydrogen) atoms. The quantitative estimate of drug-likeness (QED) is 0.737. The van der Waals surface area contributed by atoms with E-state index in [0.717, 1.165) is 22.5 Å². The summed E-state index contributed by atoms with van der Waals surface area (Å²) in [6.45, 7) is 0. The van der Waals surface area contributed by atoms with Crippen LogP contribution >= 0.6 is 0 Å². The van der Waals surface area contributed by atoms with Gasteiger partial charge in [0.1, 0.15) is 0 Å². The largest absolute Gasteiger partial charge is 0.378 e. The number of nitrogens with zero attached hydrogens (tertiary/aromatic N) is 2. The zero-order valence-electron chi connectivity index (χ0n) is 12.7. The maximum absolute atomic E-state index is 12.2. The van der Waals surface area contributed by atoms with Gasteiger partial charge in [0.2, 0.25) is 0 Å². The van der Waals surface area contributed by atoms with Gasteiger partial charge in [0.15, 0.2) is 0 Å². The van der Waals surface area contributed by atoms with Gasteiger partial charge in [0, 0.05) is 32.0 Å². The molecule has 1 aromatic heterocycles. The van der Waals surface area contributed by atoms with Crippen molar-refractivity contribution in [2.24, 2.45) is 0 Å². The molecule has 1 heterocycles. The Kier molecular flexibility index (Phi) is 3.79. The SMILES string of the molecule is CN(C)c1cccc(-n2cc(-c3ccccc3)ccc2=O)c1. The van der Waals surface area contributed by atoms with Crippen LogP contribution in [0.25, 0.3) is 16.8 Å². The molecule has 0 saturated carbocycles. The van der Waals surface area contributed by atoms with Crippen LogP contribution in [0.1, 0.15) is 0 Å². The lowest BCUT2D eigenvalue weighted by atomic mass is 10.1. The normalized spacial score (nSPS) is 10.5. The fraction of sp³-hybridized carbons (Fsp3) is 0.105. The predicted octanol–water partition coefficient (Wildman–Crippen LogP) is 3.57. The Morgan fingerprint density at radius 3 is 2.32 bits per heavy atom. The Morgan fingerprint density at radius 1 is 0.818 bits per heavy atom. The topological polar surface area (TPSA) is 25.2 Å². The van der Waals surface area contributed by atoms with Gasteiger partial charge in [-0.1, -0.05) is 36.4 Å². The van der Waals surface area contributed by atoms with Gasteiger partial charge in [-0.25, -0.2) is 0 Å². The van der Waals surface area contributed by atoms with Gasteiger partial charge >= 0.3 is 0 Å². The molecule has 0 aliphatic rings. The fourth-order valence-corrected chi connectivity index (χ4v) is 2.41. The second-order valence-electron chi connectivity index (χ2n) is 5.41. The van der Waals surface area contributed by atoms with Crippen LogP contribution in [0.5, 0.6) is 0 Å². The first-order chi connectivity index (χ1) is 10.6. The van der Waals surface area contributed by atoms with E-state index in [9.17, 15) is 4.79 Å². The molecule has 0 atom stereocenters. The fourth-order valence-electron chi connectivity index (χ4n) is 2.41. The van der Waals surface area contributed by atoms with E-state index in [-0.39, 0.29) is 5.56 Å². The van der Waals surface area contributed by atoms with E-state index in [2.05, 4.69) is 0 Å². The van der Waals surface area contributed by atoms with Crippen molar-refractivity contribution in [3.8, 4) is 16.8 Å². The van der Waals surface area contributed by atoms with Crippen molar-refractivity contribution in [2.75, 3.05) is 19.0 Å². The molecular formula is C19H18N2O. The van der Waals surface area contributed by atoms with Crippen molar-refractivity contribution in [3.05, 3.63) is 83.3 Å². The standard InChI is InChI=1S/C19H18N2O/c1-20(2)17-9-6-10-18(13-17)21-14-16(11-12-19(21)22)15-7-4-3-5-8-15/h3-14H,1-2H3. The third kappa shape index (κ3) is 2.79. The highest BCUT2D eigenvalue weighted by Gasteiger charge is 2.05. The molecule has 0 saturated heterocycles. The van der Waals surface area contributed by atoms with Crippen LogP contribution in [0.15, 0.2) is 77.7 Å². The van der Waals surface area contributed by atoms with Gasteiger partial charge in [0.25, 0.3) is 5.56 Å². The van der Waals surface area contributed by atoms with Gasteiger partial charge in [-0.15, -0.1) is 0 Å². The lowest BCUT2D eigenvalue weighted by Gasteiger charge is -2.15. The van der Waals surface area contributed by atoms with Crippen molar-refractivity contribution in [3.63, 3.8) is 0 Å². The second kappa shape index (κ2) is 5.90. The molecule has 0 aliphatic carbocycles. The summed E-state index contributed by atoms with van der Waals surface area (Å²) in [6, 6.07) is 21.5. The van der Waals surface area contributed by atoms with E-state index in [1.165, 1.54) is 0 Å². The first-order valence-electron chi connectivity index (χ1n) is 7.21. The van der Waals surface area contributed by atoms with Crippen molar-refractivity contribution in [1.82, 2.24) is 4.57 Å². The van der Waals surface area contributed by atoms with Crippen LogP contribution in [-0.2, 0) is 0 Å². The van der Waals surface area contributed by atoms with E-state index < -0.39 is 0 Å². The first kappa shape index (κ1) is 14.1. The Hall–Kier alpha value is -2.81. The lowest BCUT2D eigenvalue weighted by Crippen LogP contribution is -2.17. The molecule has 3 heteroatoms. The number of hydrogen-bond donors (Lipinski definition) is 0. The van der Waals surface area contributed by atoms with Crippen molar-refractivity contribution in [1.29, 1.82) is 0 Å². The molecule has 0 bridgehead atoms. The zero-order chi connectivity index (χ0) is 15.5. The molecule has 0 unspecified atom stereocenters. The summed E-state index contributed by atoms with van der Waals surface area (Å²) in [7, 11) is 3.98. The van der Waals surface area contributed by atoms with Crippen molar-refractivity contribution < 1.29 is 0 Å². The minimum atomic E-state index is -0.0319. The van der Waals surface area contributed by atoms with Crippen LogP contribution in [0.3, 0.4) is 0 Å². The lowest BCUT2D eigenvalue weighted by molar-refractivity contribution is 0.988. The maximum atomic E-state index is 12.2. The molecule has 0 aliphatic heterocycles. The molecule has 3 nitrogen and oxygen atoms in total. The monoisotopic (exact) mass is 290 g/mol. The van der Waals surface area contributed by atoms with E-state index in [1.54, 1.807) is 10.6 Å². The highest BCUT2D eigenvalue weighted by Crippen LogP contribution is 2.20. The van der Waals surface area contributed by atoms with E-state index in [1.807, 2.05) is 85.9 Å². The van der Waals surface area contributed by atoms with Crippen molar-refractivity contribution >= 4 is 5.69 Å². The Balaban J connectivity index is 2.11. The average Bonchev–Trinajstić information content (AvgIpc) is 2.56. The van der Waals surface area contributed by atoms with Crippen LogP contribution < -0.4 is 10.5 Å². The summed E-state index contributed by atoms with van der Waals surface area (Å²) in [5.41, 5.74) is 4.02. The molecule has 3 rings (SSSR count). The highest BCUT2D eigenvalue weighted by atomic mass is 16.1. The van der Waals surface area contributed by atoms with Crippen LogP contribution in [0, 0.1) is 0 Å². The van der Waals surface area contributed by atoms with Gasteiger partial charge in [-0.3, -0.25) is 9.36 Å². The number of rotatable bonds is 3.